The SMILES string of the molecule is C=CCc1c(-c2ccc(O)cc2)nn(C)c1CCc1ccccc1. The van der Waals surface area contributed by atoms with Crippen molar-refractivity contribution in [2.45, 2.75) is 19.3 Å². The van der Waals surface area contributed by atoms with Crippen LogP contribution in [-0.4, -0.2) is 14.9 Å². The summed E-state index contributed by atoms with van der Waals surface area (Å²) < 4.78 is 1.98. The number of nitrogens with zero attached hydrogens (tertiary/aromatic N) is 2. The van der Waals surface area contributed by atoms with Gasteiger partial charge in [0.1, 0.15) is 5.75 Å². The van der Waals surface area contributed by atoms with E-state index in [4.69, 9.17) is 5.10 Å². The number of hydrogen-bond donors (Lipinski definition) is 1. The molecule has 0 atom stereocenters. The molecule has 24 heavy (non-hydrogen) atoms. The van der Waals surface area contributed by atoms with Crippen LogP contribution in [0.15, 0.2) is 67.3 Å². The molecule has 3 rings (SSSR count). The summed E-state index contributed by atoms with van der Waals surface area (Å²) in [5, 5.41) is 14.2. The molecule has 0 saturated heterocycles. The van der Waals surface area contributed by atoms with Gasteiger partial charge in [0.05, 0.1) is 5.69 Å². The summed E-state index contributed by atoms with van der Waals surface area (Å²) in [4.78, 5) is 0. The molecular weight excluding hydrogens is 296 g/mol. The van der Waals surface area contributed by atoms with Crippen LogP contribution in [-0.2, 0) is 26.3 Å². The summed E-state index contributed by atoms with van der Waals surface area (Å²) in [6.45, 7) is 3.90. The van der Waals surface area contributed by atoms with Crippen molar-refractivity contribution in [3.63, 3.8) is 0 Å². The van der Waals surface area contributed by atoms with E-state index in [1.165, 1.54) is 16.8 Å². The number of aryl methyl sites for hydroxylation is 2. The predicted molar refractivity (Wildman–Crippen MR) is 98.1 cm³/mol. The Hall–Kier alpha value is -2.81. The number of allylic oxidation sites excluding steroid dienone is 1. The van der Waals surface area contributed by atoms with Gasteiger partial charge in [0.2, 0.25) is 0 Å². The Balaban J connectivity index is 1.93. The number of hydrogen-bond acceptors (Lipinski definition) is 2. The Labute approximate surface area is 142 Å². The molecule has 3 heteroatoms. The highest BCUT2D eigenvalue weighted by molar-refractivity contribution is 5.65. The highest BCUT2D eigenvalue weighted by atomic mass is 16.3. The first kappa shape index (κ1) is 16.1. The summed E-state index contributed by atoms with van der Waals surface area (Å²) in [5.41, 5.74) is 5.78. The smallest absolute Gasteiger partial charge is 0.115 e. The zero-order chi connectivity index (χ0) is 16.9. The summed E-state index contributed by atoms with van der Waals surface area (Å²) in [7, 11) is 2.00. The van der Waals surface area contributed by atoms with Crippen molar-refractivity contribution in [1.29, 1.82) is 0 Å². The van der Waals surface area contributed by atoms with Crippen LogP contribution < -0.4 is 0 Å². The number of phenolic OH excluding ortho intramolecular Hbond substituents is 1. The molecule has 0 unspecified atom stereocenters. The third-order valence-corrected chi connectivity index (χ3v) is 4.26. The van der Waals surface area contributed by atoms with Crippen molar-refractivity contribution in [2.24, 2.45) is 7.05 Å². The minimum absolute atomic E-state index is 0.268. The van der Waals surface area contributed by atoms with Gasteiger partial charge in [-0.3, -0.25) is 4.68 Å². The highest BCUT2D eigenvalue weighted by Gasteiger charge is 2.16. The first-order chi connectivity index (χ1) is 11.7. The largest absolute Gasteiger partial charge is 0.508 e. The van der Waals surface area contributed by atoms with E-state index < -0.39 is 0 Å². The van der Waals surface area contributed by atoms with Crippen LogP contribution in [0.3, 0.4) is 0 Å². The van der Waals surface area contributed by atoms with E-state index in [1.54, 1.807) is 12.1 Å². The molecule has 1 aromatic heterocycles. The standard InChI is InChI=1S/C21H22N2O/c1-3-7-19-20(15-10-16-8-5-4-6-9-16)23(2)22-21(19)17-11-13-18(24)14-12-17/h3-6,8-9,11-14,24H,1,7,10,15H2,2H3. The van der Waals surface area contributed by atoms with Crippen molar-refractivity contribution >= 4 is 0 Å². The summed E-state index contributed by atoms with van der Waals surface area (Å²) in [6, 6.07) is 17.7. The fourth-order valence-electron chi connectivity index (χ4n) is 3.03. The Morgan fingerprint density at radius 3 is 2.42 bits per heavy atom. The van der Waals surface area contributed by atoms with E-state index in [0.29, 0.717) is 0 Å². The van der Waals surface area contributed by atoms with Crippen molar-refractivity contribution in [1.82, 2.24) is 9.78 Å². The van der Waals surface area contributed by atoms with E-state index in [0.717, 1.165) is 30.5 Å². The number of aromatic hydroxyl groups is 1. The van der Waals surface area contributed by atoms with Crippen molar-refractivity contribution in [3.8, 4) is 17.0 Å². The normalized spacial score (nSPS) is 10.7. The van der Waals surface area contributed by atoms with Gasteiger partial charge in [-0.15, -0.1) is 6.58 Å². The predicted octanol–water partition coefficient (Wildman–Crippen LogP) is 4.31. The van der Waals surface area contributed by atoms with Crippen LogP contribution in [0.5, 0.6) is 5.75 Å². The van der Waals surface area contributed by atoms with Crippen molar-refractivity contribution < 1.29 is 5.11 Å². The third kappa shape index (κ3) is 3.40. The molecule has 1 N–H and O–H groups in total. The first-order valence-electron chi connectivity index (χ1n) is 8.18. The third-order valence-electron chi connectivity index (χ3n) is 4.26. The van der Waals surface area contributed by atoms with Crippen LogP contribution >= 0.6 is 0 Å². The van der Waals surface area contributed by atoms with Gasteiger partial charge in [0.15, 0.2) is 0 Å². The Kier molecular flexibility index (Phi) is 4.80. The van der Waals surface area contributed by atoms with Gasteiger partial charge in [0, 0.05) is 23.9 Å². The van der Waals surface area contributed by atoms with Crippen LogP contribution in [0.25, 0.3) is 11.3 Å². The number of phenols is 1. The molecule has 1 heterocycles. The van der Waals surface area contributed by atoms with Gasteiger partial charge < -0.3 is 5.11 Å². The summed E-state index contributed by atoms with van der Waals surface area (Å²) in [6.07, 6.45) is 4.63. The molecule has 3 nitrogen and oxygen atoms in total. The second-order valence-electron chi connectivity index (χ2n) is 5.92. The van der Waals surface area contributed by atoms with E-state index >= 15 is 0 Å². The average molecular weight is 318 g/mol. The van der Waals surface area contributed by atoms with Crippen LogP contribution in [0.2, 0.25) is 0 Å². The molecule has 3 aromatic rings. The van der Waals surface area contributed by atoms with E-state index in [1.807, 2.05) is 36.0 Å². The summed E-state index contributed by atoms with van der Waals surface area (Å²) >= 11 is 0. The molecule has 0 bridgehead atoms. The van der Waals surface area contributed by atoms with Gasteiger partial charge in [-0.05, 0) is 49.1 Å². The monoisotopic (exact) mass is 318 g/mol. The average Bonchev–Trinajstić information content (AvgIpc) is 2.91. The second kappa shape index (κ2) is 7.18. The lowest BCUT2D eigenvalue weighted by Gasteiger charge is -2.06. The number of rotatable bonds is 6. The molecule has 0 amide bonds. The van der Waals surface area contributed by atoms with Crippen molar-refractivity contribution in [2.75, 3.05) is 0 Å². The first-order valence-corrected chi connectivity index (χ1v) is 8.18. The van der Waals surface area contributed by atoms with Gasteiger partial charge in [-0.2, -0.15) is 5.10 Å². The fourth-order valence-corrected chi connectivity index (χ4v) is 3.03. The molecule has 0 spiro atoms. The molecule has 122 valence electrons. The maximum absolute atomic E-state index is 9.50. The van der Waals surface area contributed by atoms with Crippen LogP contribution in [0.1, 0.15) is 16.8 Å². The Morgan fingerprint density at radius 1 is 1.04 bits per heavy atom. The molecule has 0 radical (unpaired) electrons. The topological polar surface area (TPSA) is 38.1 Å². The van der Waals surface area contributed by atoms with E-state index in [9.17, 15) is 5.11 Å². The quantitative estimate of drug-likeness (QED) is 0.688. The highest BCUT2D eigenvalue weighted by Crippen LogP contribution is 2.28. The van der Waals surface area contributed by atoms with Crippen LogP contribution in [0, 0.1) is 0 Å². The lowest BCUT2D eigenvalue weighted by Crippen LogP contribution is -2.02. The fraction of sp³-hybridized carbons (Fsp3) is 0.190. The van der Waals surface area contributed by atoms with Gasteiger partial charge in [-0.1, -0.05) is 36.4 Å². The van der Waals surface area contributed by atoms with Crippen LogP contribution in [0.4, 0.5) is 0 Å². The molecular formula is C21H22N2O. The number of aromatic nitrogens is 2. The lowest BCUT2D eigenvalue weighted by molar-refractivity contribution is 0.475. The lowest BCUT2D eigenvalue weighted by atomic mass is 9.99. The Bertz CT molecular complexity index is 817. The van der Waals surface area contributed by atoms with Crippen molar-refractivity contribution in [3.05, 3.63) is 84.1 Å². The molecule has 0 aliphatic carbocycles. The molecule has 0 fully saturated rings. The zero-order valence-corrected chi connectivity index (χ0v) is 13.9. The van der Waals surface area contributed by atoms with Gasteiger partial charge in [0.25, 0.3) is 0 Å². The van der Waals surface area contributed by atoms with Gasteiger partial charge >= 0.3 is 0 Å². The molecule has 0 saturated carbocycles. The second-order valence-corrected chi connectivity index (χ2v) is 5.92. The molecule has 0 aliphatic heterocycles. The van der Waals surface area contributed by atoms with E-state index in [2.05, 4.69) is 30.8 Å². The van der Waals surface area contributed by atoms with E-state index in [-0.39, 0.29) is 5.75 Å². The maximum Gasteiger partial charge on any atom is 0.115 e. The zero-order valence-electron chi connectivity index (χ0n) is 13.9. The summed E-state index contributed by atoms with van der Waals surface area (Å²) in [5.74, 6) is 0.268. The number of benzene rings is 2. The maximum atomic E-state index is 9.50. The van der Waals surface area contributed by atoms with Gasteiger partial charge in [-0.25, -0.2) is 0 Å². The minimum atomic E-state index is 0.268. The molecule has 0 aliphatic rings. The minimum Gasteiger partial charge on any atom is -0.508 e. The Morgan fingerprint density at radius 2 is 1.75 bits per heavy atom. The molecule has 2 aromatic carbocycles.